The summed E-state index contributed by atoms with van der Waals surface area (Å²) in [6, 6.07) is 16.6. The number of benzene rings is 2. The molecule has 1 atom stereocenters. The summed E-state index contributed by atoms with van der Waals surface area (Å²) < 4.78 is 0. The topological polar surface area (TPSA) is 29.1 Å². The van der Waals surface area contributed by atoms with E-state index < -0.39 is 0 Å². The Balaban J connectivity index is 1.95. The maximum atomic E-state index is 11.9. The Morgan fingerprint density at radius 3 is 2.67 bits per heavy atom. The number of ketones is 1. The highest BCUT2D eigenvalue weighted by Gasteiger charge is 2.19. The largest absolute Gasteiger partial charge is 0.381 e. The summed E-state index contributed by atoms with van der Waals surface area (Å²) in [4.78, 5) is 11.9. The second-order valence-corrected chi connectivity index (χ2v) is 5.59. The molecule has 0 amide bonds. The highest BCUT2D eigenvalue weighted by molar-refractivity contribution is 5.88. The molecule has 0 aliphatic carbocycles. The number of carbonyl (C=O) groups is 1. The lowest BCUT2D eigenvalue weighted by molar-refractivity contribution is -0.118. The molecule has 1 N–H and O–H groups in total. The van der Waals surface area contributed by atoms with E-state index in [9.17, 15) is 4.79 Å². The molecule has 106 valence electrons. The average Bonchev–Trinajstić information content (AvgIpc) is 2.63. The van der Waals surface area contributed by atoms with Crippen molar-refractivity contribution in [2.45, 2.75) is 25.8 Å². The minimum atomic E-state index is 0.185. The van der Waals surface area contributed by atoms with Crippen LogP contribution in [0.1, 0.15) is 30.0 Å². The van der Waals surface area contributed by atoms with E-state index in [4.69, 9.17) is 0 Å². The van der Waals surface area contributed by atoms with Crippen LogP contribution in [0.5, 0.6) is 0 Å². The minimum absolute atomic E-state index is 0.185. The standard InChI is InChI=1S/C19H19NO/c1-14-12-18(21)13-17-9-5-8-16(19(17)20-14)11-10-15-6-3-2-4-7-15/h2-11,14,20H,12-13H2,1H3/t14-/m1/s1. The van der Waals surface area contributed by atoms with Crippen molar-refractivity contribution in [3.05, 3.63) is 65.2 Å². The van der Waals surface area contributed by atoms with Gasteiger partial charge in [-0.1, -0.05) is 60.7 Å². The fourth-order valence-electron chi connectivity index (χ4n) is 2.76. The number of nitrogens with one attached hydrogen (secondary N) is 1. The van der Waals surface area contributed by atoms with Gasteiger partial charge in [-0.2, -0.15) is 0 Å². The smallest absolute Gasteiger partial charge is 0.139 e. The lowest BCUT2D eigenvalue weighted by atomic mass is 10.0. The first-order valence-electron chi connectivity index (χ1n) is 7.35. The monoisotopic (exact) mass is 277 g/mol. The molecule has 0 fully saturated rings. The molecular weight excluding hydrogens is 258 g/mol. The normalized spacial score (nSPS) is 18.1. The number of carbonyl (C=O) groups excluding carboxylic acids is 1. The van der Waals surface area contributed by atoms with E-state index in [1.54, 1.807) is 0 Å². The maximum Gasteiger partial charge on any atom is 0.139 e. The number of Topliss-reactive ketones (excluding diaryl/α,β-unsaturated/α-hetero) is 1. The third-order valence-electron chi connectivity index (χ3n) is 3.75. The van der Waals surface area contributed by atoms with E-state index in [0.717, 1.165) is 16.8 Å². The molecule has 1 heterocycles. The molecule has 2 aromatic rings. The lowest BCUT2D eigenvalue weighted by Gasteiger charge is -2.15. The van der Waals surface area contributed by atoms with Gasteiger partial charge in [0.15, 0.2) is 0 Å². The molecule has 0 unspecified atom stereocenters. The maximum absolute atomic E-state index is 11.9. The van der Waals surface area contributed by atoms with E-state index in [2.05, 4.69) is 42.6 Å². The van der Waals surface area contributed by atoms with Crippen LogP contribution in [0.25, 0.3) is 12.2 Å². The van der Waals surface area contributed by atoms with Gasteiger partial charge < -0.3 is 5.32 Å². The first-order chi connectivity index (χ1) is 10.2. The molecule has 2 heteroatoms. The van der Waals surface area contributed by atoms with Crippen molar-refractivity contribution in [2.75, 3.05) is 5.32 Å². The van der Waals surface area contributed by atoms with Crippen LogP contribution in [0.2, 0.25) is 0 Å². The predicted octanol–water partition coefficient (Wildman–Crippen LogP) is 4.17. The molecule has 2 aromatic carbocycles. The number of rotatable bonds is 2. The summed E-state index contributed by atoms with van der Waals surface area (Å²) in [6.45, 7) is 2.06. The van der Waals surface area contributed by atoms with E-state index in [1.165, 1.54) is 5.56 Å². The minimum Gasteiger partial charge on any atom is -0.381 e. The van der Waals surface area contributed by atoms with Crippen molar-refractivity contribution in [1.29, 1.82) is 0 Å². The highest BCUT2D eigenvalue weighted by Crippen LogP contribution is 2.28. The first-order valence-corrected chi connectivity index (χ1v) is 7.35. The van der Waals surface area contributed by atoms with E-state index in [-0.39, 0.29) is 6.04 Å². The second-order valence-electron chi connectivity index (χ2n) is 5.59. The molecule has 0 saturated carbocycles. The van der Waals surface area contributed by atoms with Crippen molar-refractivity contribution in [1.82, 2.24) is 0 Å². The lowest BCUT2D eigenvalue weighted by Crippen LogP contribution is -2.17. The molecule has 1 aliphatic heterocycles. The van der Waals surface area contributed by atoms with E-state index >= 15 is 0 Å². The van der Waals surface area contributed by atoms with Crippen LogP contribution in [0.4, 0.5) is 5.69 Å². The van der Waals surface area contributed by atoms with E-state index in [0.29, 0.717) is 18.6 Å². The van der Waals surface area contributed by atoms with Gasteiger partial charge in [0.2, 0.25) is 0 Å². The van der Waals surface area contributed by atoms with Crippen LogP contribution in [0.3, 0.4) is 0 Å². The summed E-state index contributed by atoms with van der Waals surface area (Å²) in [5.74, 6) is 0.304. The molecule has 1 aliphatic rings. The molecular formula is C19H19NO. The zero-order valence-corrected chi connectivity index (χ0v) is 12.2. The Kier molecular flexibility index (Phi) is 3.87. The summed E-state index contributed by atoms with van der Waals surface area (Å²) in [6.07, 6.45) is 5.34. The summed E-state index contributed by atoms with van der Waals surface area (Å²) in [5.41, 5.74) is 4.51. The van der Waals surface area contributed by atoms with Crippen molar-refractivity contribution in [2.24, 2.45) is 0 Å². The molecule has 0 bridgehead atoms. The van der Waals surface area contributed by atoms with Crippen LogP contribution in [-0.2, 0) is 11.2 Å². The van der Waals surface area contributed by atoms with Gasteiger partial charge in [0.1, 0.15) is 5.78 Å². The molecule has 21 heavy (non-hydrogen) atoms. The summed E-state index contributed by atoms with van der Waals surface area (Å²) in [5, 5.41) is 3.49. The second kappa shape index (κ2) is 5.96. The van der Waals surface area contributed by atoms with Gasteiger partial charge in [-0.3, -0.25) is 4.79 Å². The zero-order valence-electron chi connectivity index (χ0n) is 12.2. The van der Waals surface area contributed by atoms with Crippen molar-refractivity contribution in [3.8, 4) is 0 Å². The quantitative estimate of drug-likeness (QED) is 0.835. The van der Waals surface area contributed by atoms with Gasteiger partial charge >= 0.3 is 0 Å². The number of fused-ring (bicyclic) bond motifs is 1. The van der Waals surface area contributed by atoms with Crippen molar-refractivity contribution < 1.29 is 4.79 Å². The van der Waals surface area contributed by atoms with Crippen LogP contribution in [0.15, 0.2) is 48.5 Å². The highest BCUT2D eigenvalue weighted by atomic mass is 16.1. The van der Waals surface area contributed by atoms with Crippen molar-refractivity contribution in [3.63, 3.8) is 0 Å². The third kappa shape index (κ3) is 3.22. The van der Waals surface area contributed by atoms with Gasteiger partial charge in [-0.15, -0.1) is 0 Å². The Morgan fingerprint density at radius 2 is 1.86 bits per heavy atom. The van der Waals surface area contributed by atoms with Gasteiger partial charge in [0.05, 0.1) is 0 Å². The average molecular weight is 277 g/mol. The Labute approximate surface area is 125 Å². The Hall–Kier alpha value is -2.35. The number of hydrogen-bond donors (Lipinski definition) is 1. The summed E-state index contributed by atoms with van der Waals surface area (Å²) >= 11 is 0. The third-order valence-corrected chi connectivity index (χ3v) is 3.75. The fourth-order valence-corrected chi connectivity index (χ4v) is 2.76. The van der Waals surface area contributed by atoms with Crippen LogP contribution in [0, 0.1) is 0 Å². The molecule has 0 saturated heterocycles. The Morgan fingerprint density at radius 1 is 1.05 bits per heavy atom. The molecule has 2 nitrogen and oxygen atoms in total. The zero-order chi connectivity index (χ0) is 14.7. The van der Waals surface area contributed by atoms with Crippen LogP contribution >= 0.6 is 0 Å². The molecule has 0 spiro atoms. The van der Waals surface area contributed by atoms with Crippen molar-refractivity contribution >= 4 is 23.6 Å². The predicted molar refractivity (Wildman–Crippen MR) is 88.2 cm³/mol. The van der Waals surface area contributed by atoms with Gasteiger partial charge in [-0.25, -0.2) is 0 Å². The Bertz CT molecular complexity index is 673. The first kappa shape index (κ1) is 13.6. The molecule has 0 aromatic heterocycles. The summed E-state index contributed by atoms with van der Waals surface area (Å²) in [7, 11) is 0. The van der Waals surface area contributed by atoms with E-state index in [1.807, 2.05) is 30.3 Å². The van der Waals surface area contributed by atoms with Gasteiger partial charge in [-0.05, 0) is 23.6 Å². The number of anilines is 1. The van der Waals surface area contributed by atoms with Gasteiger partial charge in [0, 0.05) is 24.6 Å². The molecule has 0 radical (unpaired) electrons. The number of hydrogen-bond acceptors (Lipinski definition) is 2. The SMILES string of the molecule is C[C@@H]1CC(=O)Cc2cccc(C=Cc3ccccc3)c2N1. The van der Waals surface area contributed by atoms with Crippen LogP contribution < -0.4 is 5.32 Å². The number of para-hydroxylation sites is 1. The molecule has 3 rings (SSSR count). The van der Waals surface area contributed by atoms with Gasteiger partial charge in [0.25, 0.3) is 0 Å². The fraction of sp³-hybridized carbons (Fsp3) is 0.211. The van der Waals surface area contributed by atoms with Crippen LogP contribution in [-0.4, -0.2) is 11.8 Å².